The second kappa shape index (κ2) is 15.0. The number of aromatic nitrogens is 6. The molecule has 0 aliphatic carbocycles. The van der Waals surface area contributed by atoms with Crippen molar-refractivity contribution in [1.29, 1.82) is 5.26 Å². The zero-order valence-corrected chi connectivity index (χ0v) is 28.0. The maximum atomic E-state index is 13.4. The van der Waals surface area contributed by atoms with Gasteiger partial charge in [0.05, 0.1) is 24.5 Å². The first-order valence-corrected chi connectivity index (χ1v) is 15.8. The van der Waals surface area contributed by atoms with Crippen LogP contribution in [0, 0.1) is 11.3 Å². The molecule has 4 N–H and O–H groups in total. The smallest absolute Gasteiger partial charge is 0.411 e. The number of imidazole rings is 1. The minimum atomic E-state index is -0.762. The summed E-state index contributed by atoms with van der Waals surface area (Å²) in [5.74, 6) is -0.481. The second-order valence-corrected chi connectivity index (χ2v) is 12.6. The van der Waals surface area contributed by atoms with Gasteiger partial charge in [0.2, 0.25) is 5.91 Å². The van der Waals surface area contributed by atoms with Crippen LogP contribution < -0.4 is 16.0 Å². The Hall–Kier alpha value is -5.75. The molecule has 2 bridgehead atoms. The molecular weight excluding hydrogens is 652 g/mol. The first-order chi connectivity index (χ1) is 23.4. The minimum absolute atomic E-state index is 0.0830. The summed E-state index contributed by atoms with van der Waals surface area (Å²) in [4.78, 5) is 46.5. The number of hydrogen-bond donors (Lipinski definition) is 4. The van der Waals surface area contributed by atoms with Crippen LogP contribution in [0.3, 0.4) is 0 Å². The third-order valence-electron chi connectivity index (χ3n) is 7.45. The quantitative estimate of drug-likeness (QED) is 0.151. The zero-order chi connectivity index (χ0) is 35.1. The molecule has 2 unspecified atom stereocenters. The molecule has 254 valence electrons. The van der Waals surface area contributed by atoms with E-state index < -0.39 is 35.7 Å². The number of nitrogens with zero attached hydrogens (tertiary/aromatic N) is 6. The summed E-state index contributed by atoms with van der Waals surface area (Å²) >= 11 is 6.23. The molecule has 15 nitrogen and oxygen atoms in total. The van der Waals surface area contributed by atoms with Crippen LogP contribution in [0.25, 0.3) is 23.0 Å². The summed E-state index contributed by atoms with van der Waals surface area (Å²) < 4.78 is 11.9. The highest BCUT2D eigenvalue weighted by molar-refractivity contribution is 6.30. The molecule has 2 aromatic carbocycles. The van der Waals surface area contributed by atoms with Gasteiger partial charge in [0.25, 0.3) is 0 Å². The number of benzene rings is 2. The van der Waals surface area contributed by atoms with Crippen molar-refractivity contribution in [2.45, 2.75) is 64.1 Å². The maximum absolute atomic E-state index is 13.4. The lowest BCUT2D eigenvalue weighted by atomic mass is 10.0. The van der Waals surface area contributed by atoms with Crippen LogP contribution in [0.15, 0.2) is 48.8 Å². The molecule has 1 aliphatic rings. The van der Waals surface area contributed by atoms with Gasteiger partial charge in [-0.05, 0) is 86.5 Å². The predicted molar refractivity (Wildman–Crippen MR) is 181 cm³/mol. The standard InChI is InChI=1S/C33H35ClN10O5/c1-33(2,3)49-31(46)24-8-6-5-7-23(39-28(45)14-9-19-15-20(34)10-13-27(19)44-18-36-42-43-44)30-40-26(17-35)29(41-30)22-12-11-21(16-25(22)38-24)37-32(47)48-4/h9-16,18,23-24,38H,5-8H2,1-4H3,(H,37,47)(H,39,45)(H,40,41). The van der Waals surface area contributed by atoms with E-state index in [0.717, 1.165) is 0 Å². The van der Waals surface area contributed by atoms with E-state index >= 15 is 0 Å². The highest BCUT2D eigenvalue weighted by Gasteiger charge is 2.29. The summed E-state index contributed by atoms with van der Waals surface area (Å²) in [7, 11) is 1.25. The molecule has 0 fully saturated rings. The Bertz CT molecular complexity index is 1910. The van der Waals surface area contributed by atoms with Crippen LogP contribution in [0.1, 0.15) is 69.6 Å². The van der Waals surface area contributed by atoms with Gasteiger partial charge in [0.15, 0.2) is 5.69 Å². The molecule has 49 heavy (non-hydrogen) atoms. The van der Waals surface area contributed by atoms with E-state index in [1.165, 1.54) is 24.2 Å². The molecule has 16 heteroatoms. The summed E-state index contributed by atoms with van der Waals surface area (Å²) in [6, 6.07) is 10.9. The van der Waals surface area contributed by atoms with Crippen molar-refractivity contribution in [1.82, 2.24) is 35.5 Å². The molecule has 2 aromatic heterocycles. The van der Waals surface area contributed by atoms with E-state index in [0.29, 0.717) is 70.4 Å². The van der Waals surface area contributed by atoms with E-state index in [4.69, 9.17) is 21.1 Å². The Morgan fingerprint density at radius 1 is 1.14 bits per heavy atom. The Kier molecular flexibility index (Phi) is 10.6. The number of fused-ring (bicyclic) bond motifs is 4. The topological polar surface area (TPSA) is 202 Å². The van der Waals surface area contributed by atoms with Gasteiger partial charge in [0.1, 0.15) is 29.9 Å². The highest BCUT2D eigenvalue weighted by Crippen LogP contribution is 2.35. The van der Waals surface area contributed by atoms with Crippen LogP contribution in [0.5, 0.6) is 0 Å². The van der Waals surface area contributed by atoms with E-state index in [1.54, 1.807) is 63.2 Å². The minimum Gasteiger partial charge on any atom is -0.458 e. The number of carbonyl (C=O) groups excluding carboxylic acids is 3. The van der Waals surface area contributed by atoms with E-state index in [-0.39, 0.29) is 5.69 Å². The summed E-state index contributed by atoms with van der Waals surface area (Å²) in [5, 5.41) is 30.8. The van der Waals surface area contributed by atoms with Crippen LogP contribution in [0.4, 0.5) is 16.2 Å². The third kappa shape index (κ3) is 8.79. The lowest BCUT2D eigenvalue weighted by molar-refractivity contribution is -0.156. The number of carbonyl (C=O) groups is 3. The van der Waals surface area contributed by atoms with Crippen molar-refractivity contribution < 1.29 is 23.9 Å². The number of anilines is 2. The summed E-state index contributed by atoms with van der Waals surface area (Å²) in [6.07, 6.45) is 5.79. The van der Waals surface area contributed by atoms with Crippen molar-refractivity contribution in [2.75, 3.05) is 17.7 Å². The van der Waals surface area contributed by atoms with Gasteiger partial charge in [-0.3, -0.25) is 10.1 Å². The fourth-order valence-electron chi connectivity index (χ4n) is 5.27. The number of aromatic amines is 1. The highest BCUT2D eigenvalue weighted by atomic mass is 35.5. The Balaban J connectivity index is 1.49. The van der Waals surface area contributed by atoms with Gasteiger partial charge < -0.3 is 25.1 Å². The molecule has 2 amide bonds. The van der Waals surface area contributed by atoms with Crippen LogP contribution in [-0.4, -0.2) is 66.9 Å². The lowest BCUT2D eigenvalue weighted by Crippen LogP contribution is -2.37. The van der Waals surface area contributed by atoms with E-state index in [2.05, 4.69) is 47.5 Å². The number of amides is 2. The molecule has 0 saturated carbocycles. The van der Waals surface area contributed by atoms with Gasteiger partial charge in [-0.2, -0.15) is 9.94 Å². The van der Waals surface area contributed by atoms with Crippen molar-refractivity contribution in [2.24, 2.45) is 0 Å². The summed E-state index contributed by atoms with van der Waals surface area (Å²) in [5.41, 5.74) is 2.31. The first-order valence-electron chi connectivity index (χ1n) is 15.4. The molecule has 0 saturated heterocycles. The third-order valence-corrected chi connectivity index (χ3v) is 7.69. The van der Waals surface area contributed by atoms with E-state index in [9.17, 15) is 19.6 Å². The van der Waals surface area contributed by atoms with Gasteiger partial charge in [-0.1, -0.05) is 24.4 Å². The Morgan fingerprint density at radius 2 is 1.94 bits per heavy atom. The normalized spacial score (nSPS) is 16.2. The number of tetrazole rings is 1. The van der Waals surface area contributed by atoms with Crippen molar-refractivity contribution >= 4 is 47.0 Å². The molecule has 0 spiro atoms. The number of H-pyrrole nitrogens is 1. The molecule has 0 radical (unpaired) electrons. The van der Waals surface area contributed by atoms with Crippen molar-refractivity contribution in [3.63, 3.8) is 0 Å². The van der Waals surface area contributed by atoms with Crippen LogP contribution in [0.2, 0.25) is 5.02 Å². The molecule has 4 aromatic rings. The van der Waals surface area contributed by atoms with Gasteiger partial charge in [0, 0.05) is 33.6 Å². The lowest BCUT2D eigenvalue weighted by Gasteiger charge is -2.26. The van der Waals surface area contributed by atoms with Gasteiger partial charge in [-0.15, -0.1) is 5.10 Å². The largest absolute Gasteiger partial charge is 0.458 e. The number of halogens is 1. The number of hydrogen-bond acceptors (Lipinski definition) is 11. The first kappa shape index (κ1) is 34.6. The Labute approximate surface area is 287 Å². The van der Waals surface area contributed by atoms with Crippen LogP contribution in [-0.2, 0) is 19.1 Å². The number of esters is 1. The molecule has 2 atom stereocenters. The second-order valence-electron chi connectivity index (χ2n) is 12.2. The summed E-state index contributed by atoms with van der Waals surface area (Å²) in [6.45, 7) is 5.37. The molecule has 1 aliphatic heterocycles. The predicted octanol–water partition coefficient (Wildman–Crippen LogP) is 5.32. The zero-order valence-electron chi connectivity index (χ0n) is 27.3. The molecule has 5 rings (SSSR count). The SMILES string of the molecule is COC(=O)Nc1ccc2c(c1)NC(C(=O)OC(C)(C)C)CCCCC(NC(=O)C=Cc1cc(Cl)ccc1-n1cnnn1)c1nc(C#N)c-2[nH]1. The number of nitrogens with one attached hydrogen (secondary N) is 4. The fourth-order valence-corrected chi connectivity index (χ4v) is 5.45. The fraction of sp³-hybridized carbons (Fsp3) is 0.333. The number of ether oxygens (including phenoxy) is 2. The number of rotatable bonds is 6. The Morgan fingerprint density at radius 3 is 2.65 bits per heavy atom. The number of methoxy groups -OCH3 is 1. The van der Waals surface area contributed by atoms with Gasteiger partial charge in [-0.25, -0.2) is 14.6 Å². The van der Waals surface area contributed by atoms with Crippen molar-refractivity contribution in [3.8, 4) is 23.0 Å². The molecule has 3 heterocycles. The average molecular weight is 687 g/mol. The monoisotopic (exact) mass is 686 g/mol. The van der Waals surface area contributed by atoms with E-state index in [1.807, 2.05) is 0 Å². The van der Waals surface area contributed by atoms with Crippen molar-refractivity contribution in [3.05, 3.63) is 70.9 Å². The van der Waals surface area contributed by atoms with Crippen LogP contribution >= 0.6 is 11.6 Å². The molecular formula is C33H35ClN10O5. The van der Waals surface area contributed by atoms with Gasteiger partial charge >= 0.3 is 12.1 Å². The number of nitriles is 1. The average Bonchev–Trinajstić information content (AvgIpc) is 3.74. The maximum Gasteiger partial charge on any atom is 0.411 e.